The lowest BCUT2D eigenvalue weighted by Crippen LogP contribution is -2.15. The minimum Gasteiger partial charge on any atom is -0.463 e. The molecule has 1 aromatic carbocycles. The summed E-state index contributed by atoms with van der Waals surface area (Å²) >= 11 is 5.42. The molecule has 1 aliphatic heterocycles. The molecule has 0 radical (unpaired) electrons. The minimum absolute atomic E-state index is 0.0726. The number of alkyl halides is 3. The number of ether oxygens (including phenoxy) is 1. The second-order valence-corrected chi connectivity index (χ2v) is 4.51. The van der Waals surface area contributed by atoms with Crippen LogP contribution in [0.25, 0.3) is 5.57 Å². The summed E-state index contributed by atoms with van der Waals surface area (Å²) in [6.07, 6.45) is -4.09. The molecule has 1 atom stereocenters. The Hall–Kier alpha value is -1.95. The molecule has 0 saturated heterocycles. The van der Waals surface area contributed by atoms with Crippen LogP contribution in [-0.2, 0) is 15.7 Å². The molecule has 7 heteroatoms. The number of ketones is 1. The molecule has 1 heterocycles. The number of carbonyl (C=O) groups is 1. The lowest BCUT2D eigenvalue weighted by molar-refractivity contribution is -0.137. The largest absolute Gasteiger partial charge is 0.463 e. The molecule has 0 aromatic heterocycles. The van der Waals surface area contributed by atoms with Crippen LogP contribution in [0.1, 0.15) is 11.1 Å². The summed E-state index contributed by atoms with van der Waals surface area (Å²) in [6.45, 7) is 0. The van der Waals surface area contributed by atoms with Gasteiger partial charge in [-0.3, -0.25) is 4.79 Å². The average molecular weight is 318 g/mol. The smallest absolute Gasteiger partial charge is 0.416 e. The number of benzene rings is 1. The van der Waals surface area contributed by atoms with Crippen LogP contribution in [0.3, 0.4) is 0 Å². The van der Waals surface area contributed by atoms with Gasteiger partial charge in [0.2, 0.25) is 5.78 Å². The number of hydrogen-bond acceptors (Lipinski definition) is 3. The number of carbonyl (C=O) groups excluding carboxylic acids is 1. The SMILES string of the molecule is CNC1=C(c2cccc(C(F)(F)F)c2)C(=O)C(/C=C/Cl)O1. The maximum absolute atomic E-state index is 12.8. The summed E-state index contributed by atoms with van der Waals surface area (Å²) in [6, 6.07) is 4.53. The third kappa shape index (κ3) is 3.05. The average Bonchev–Trinajstić information content (AvgIpc) is 2.75. The van der Waals surface area contributed by atoms with E-state index in [1.807, 2.05) is 0 Å². The van der Waals surface area contributed by atoms with E-state index < -0.39 is 23.6 Å². The molecule has 3 nitrogen and oxygen atoms in total. The maximum atomic E-state index is 12.8. The summed E-state index contributed by atoms with van der Waals surface area (Å²) in [5, 5.41) is 2.67. The highest BCUT2D eigenvalue weighted by Crippen LogP contribution is 2.34. The fourth-order valence-electron chi connectivity index (χ4n) is 1.99. The first-order chi connectivity index (χ1) is 9.88. The van der Waals surface area contributed by atoms with Crippen molar-refractivity contribution in [2.45, 2.75) is 12.3 Å². The second kappa shape index (κ2) is 5.81. The van der Waals surface area contributed by atoms with E-state index in [-0.39, 0.29) is 17.0 Å². The number of hydrogen-bond donors (Lipinski definition) is 1. The number of halogens is 4. The first-order valence-electron chi connectivity index (χ1n) is 5.96. The third-order valence-electron chi connectivity index (χ3n) is 2.93. The number of Topliss-reactive ketones (excluding diaryl/α,β-unsaturated/α-hetero) is 1. The number of nitrogens with one attached hydrogen (secondary N) is 1. The zero-order valence-electron chi connectivity index (χ0n) is 10.9. The van der Waals surface area contributed by atoms with Crippen LogP contribution in [0.5, 0.6) is 0 Å². The van der Waals surface area contributed by atoms with Crippen LogP contribution in [0.2, 0.25) is 0 Å². The quantitative estimate of drug-likeness (QED) is 0.929. The van der Waals surface area contributed by atoms with Gasteiger partial charge in [0.15, 0.2) is 12.0 Å². The molecule has 0 amide bonds. The Labute approximate surface area is 124 Å². The second-order valence-electron chi connectivity index (χ2n) is 4.25. The Morgan fingerprint density at radius 3 is 2.67 bits per heavy atom. The Morgan fingerprint density at radius 1 is 1.38 bits per heavy atom. The van der Waals surface area contributed by atoms with Gasteiger partial charge in [-0.15, -0.1) is 0 Å². The highest BCUT2D eigenvalue weighted by molar-refractivity contribution is 6.28. The summed E-state index contributed by atoms with van der Waals surface area (Å²) in [5.74, 6) is -0.324. The van der Waals surface area contributed by atoms with Crippen LogP contribution < -0.4 is 5.32 Å². The van der Waals surface area contributed by atoms with Gasteiger partial charge in [0.1, 0.15) is 0 Å². The van der Waals surface area contributed by atoms with Crippen LogP contribution >= 0.6 is 11.6 Å². The molecule has 21 heavy (non-hydrogen) atoms. The lowest BCUT2D eigenvalue weighted by Gasteiger charge is -2.09. The summed E-state index contributed by atoms with van der Waals surface area (Å²) in [4.78, 5) is 12.2. The van der Waals surface area contributed by atoms with E-state index in [4.69, 9.17) is 16.3 Å². The predicted molar refractivity (Wildman–Crippen MR) is 72.3 cm³/mol. The zero-order chi connectivity index (χ0) is 15.6. The van der Waals surface area contributed by atoms with Crippen LogP contribution in [0.4, 0.5) is 13.2 Å². The molecule has 1 aliphatic rings. The van der Waals surface area contributed by atoms with E-state index in [0.717, 1.165) is 17.7 Å². The Kier molecular flexibility index (Phi) is 4.27. The van der Waals surface area contributed by atoms with Crippen molar-refractivity contribution in [1.82, 2.24) is 5.32 Å². The van der Waals surface area contributed by atoms with Gasteiger partial charge in [-0.2, -0.15) is 13.2 Å². The van der Waals surface area contributed by atoms with Crippen molar-refractivity contribution < 1.29 is 22.7 Å². The molecule has 0 spiro atoms. The van der Waals surface area contributed by atoms with Crippen molar-refractivity contribution in [2.24, 2.45) is 0 Å². The molecule has 0 saturated carbocycles. The lowest BCUT2D eigenvalue weighted by atomic mass is 9.98. The van der Waals surface area contributed by atoms with E-state index in [1.165, 1.54) is 25.3 Å². The summed E-state index contributed by atoms with van der Waals surface area (Å²) < 4.78 is 43.6. The Balaban J connectivity index is 2.47. The van der Waals surface area contributed by atoms with Gasteiger partial charge in [0.25, 0.3) is 0 Å². The molecule has 1 N–H and O–H groups in total. The number of rotatable bonds is 3. The van der Waals surface area contributed by atoms with Crippen molar-refractivity contribution in [2.75, 3.05) is 7.05 Å². The van der Waals surface area contributed by atoms with Gasteiger partial charge in [-0.1, -0.05) is 23.7 Å². The zero-order valence-corrected chi connectivity index (χ0v) is 11.6. The van der Waals surface area contributed by atoms with Gasteiger partial charge in [0.05, 0.1) is 11.1 Å². The molecule has 1 unspecified atom stereocenters. The monoisotopic (exact) mass is 317 g/mol. The third-order valence-corrected chi connectivity index (χ3v) is 3.08. The molecular weight excluding hydrogens is 307 g/mol. The van der Waals surface area contributed by atoms with E-state index in [1.54, 1.807) is 0 Å². The Morgan fingerprint density at radius 2 is 2.10 bits per heavy atom. The molecular formula is C14H11ClF3NO2. The van der Waals surface area contributed by atoms with Crippen molar-refractivity contribution >= 4 is 23.0 Å². The van der Waals surface area contributed by atoms with Crippen molar-refractivity contribution in [3.8, 4) is 0 Å². The molecule has 112 valence electrons. The van der Waals surface area contributed by atoms with Crippen molar-refractivity contribution in [3.63, 3.8) is 0 Å². The van der Waals surface area contributed by atoms with E-state index in [9.17, 15) is 18.0 Å². The first kappa shape index (κ1) is 15.4. The summed E-state index contributed by atoms with van der Waals surface area (Å²) in [7, 11) is 1.52. The van der Waals surface area contributed by atoms with Gasteiger partial charge >= 0.3 is 6.18 Å². The van der Waals surface area contributed by atoms with E-state index in [0.29, 0.717) is 0 Å². The standard InChI is InChI=1S/C14H11ClF3NO2/c1-19-13-11(12(20)10(21-13)5-6-15)8-3-2-4-9(7-8)14(16,17)18/h2-7,10,19H,1H3/b6-5+. The fourth-order valence-corrected chi connectivity index (χ4v) is 2.13. The highest BCUT2D eigenvalue weighted by Gasteiger charge is 2.36. The summed E-state index contributed by atoms with van der Waals surface area (Å²) in [5.41, 5.74) is 0.519. The van der Waals surface area contributed by atoms with Crippen LogP contribution in [-0.4, -0.2) is 18.9 Å². The van der Waals surface area contributed by atoms with Gasteiger partial charge < -0.3 is 10.1 Å². The normalized spacial score (nSPS) is 19.3. The van der Waals surface area contributed by atoms with Gasteiger partial charge in [-0.25, -0.2) is 0 Å². The molecule has 0 bridgehead atoms. The first-order valence-corrected chi connectivity index (χ1v) is 6.39. The van der Waals surface area contributed by atoms with Crippen LogP contribution in [0, 0.1) is 0 Å². The topological polar surface area (TPSA) is 38.3 Å². The van der Waals surface area contributed by atoms with Crippen molar-refractivity contribution in [3.05, 3.63) is 52.9 Å². The molecule has 2 rings (SSSR count). The van der Waals surface area contributed by atoms with Gasteiger partial charge in [0, 0.05) is 12.6 Å². The van der Waals surface area contributed by atoms with Crippen LogP contribution in [0.15, 0.2) is 41.8 Å². The minimum atomic E-state index is -4.48. The van der Waals surface area contributed by atoms with E-state index in [2.05, 4.69) is 5.32 Å². The molecule has 1 aromatic rings. The Bertz CT molecular complexity index is 623. The highest BCUT2D eigenvalue weighted by atomic mass is 35.5. The van der Waals surface area contributed by atoms with Gasteiger partial charge in [-0.05, 0) is 23.8 Å². The predicted octanol–water partition coefficient (Wildman–Crippen LogP) is 3.31. The van der Waals surface area contributed by atoms with E-state index >= 15 is 0 Å². The van der Waals surface area contributed by atoms with Crippen molar-refractivity contribution in [1.29, 1.82) is 0 Å². The maximum Gasteiger partial charge on any atom is 0.416 e. The molecule has 0 fully saturated rings. The molecule has 0 aliphatic carbocycles. The fraction of sp³-hybridized carbons (Fsp3) is 0.214.